The summed E-state index contributed by atoms with van der Waals surface area (Å²) in [5, 5.41) is 7.77. The Bertz CT molecular complexity index is 312. The van der Waals surface area contributed by atoms with Gasteiger partial charge in [-0.3, -0.25) is 0 Å². The Labute approximate surface area is 89.8 Å². The second-order valence-electron chi connectivity index (χ2n) is 4.41. The largest absolute Gasteiger partial charge is 0.366 e. The van der Waals surface area contributed by atoms with E-state index in [1.165, 1.54) is 43.2 Å². The van der Waals surface area contributed by atoms with Gasteiger partial charge in [0.1, 0.15) is 0 Å². The highest BCUT2D eigenvalue weighted by Gasteiger charge is 2.16. The molecule has 0 bridgehead atoms. The lowest BCUT2D eigenvalue weighted by Gasteiger charge is -2.12. The summed E-state index contributed by atoms with van der Waals surface area (Å²) in [5.74, 6) is 7.56. The molecular formula is C10H19N5. The Morgan fingerprint density at radius 2 is 1.80 bits per heavy atom. The Kier molecular flexibility index (Phi) is 3.08. The van der Waals surface area contributed by atoms with E-state index in [2.05, 4.69) is 10.2 Å². The standard InChI is InChI=1S/C10H19N5/c11-10-14-13-9(15(10)12)7-8-5-3-1-2-4-6-8/h8H,1-7,12H2,(H2,11,14). The molecule has 0 aromatic carbocycles. The molecule has 0 amide bonds. The molecule has 5 nitrogen and oxygen atoms in total. The van der Waals surface area contributed by atoms with E-state index in [0.717, 1.165) is 12.2 Å². The van der Waals surface area contributed by atoms with Gasteiger partial charge in [-0.25, -0.2) is 4.68 Å². The van der Waals surface area contributed by atoms with Crippen LogP contribution in [0.2, 0.25) is 0 Å². The summed E-state index contributed by atoms with van der Waals surface area (Å²) in [6.07, 6.45) is 8.89. The van der Waals surface area contributed by atoms with Gasteiger partial charge < -0.3 is 11.6 Å². The van der Waals surface area contributed by atoms with Crippen LogP contribution in [0.3, 0.4) is 0 Å². The van der Waals surface area contributed by atoms with Gasteiger partial charge in [0.15, 0.2) is 5.82 Å². The van der Waals surface area contributed by atoms with Crippen LogP contribution in [0.25, 0.3) is 0 Å². The Morgan fingerprint density at radius 1 is 1.13 bits per heavy atom. The molecule has 2 rings (SSSR count). The van der Waals surface area contributed by atoms with Crippen molar-refractivity contribution in [3.8, 4) is 0 Å². The van der Waals surface area contributed by atoms with E-state index in [0.29, 0.717) is 11.9 Å². The third-order valence-electron chi connectivity index (χ3n) is 3.24. The first-order valence-corrected chi connectivity index (χ1v) is 5.72. The zero-order valence-corrected chi connectivity index (χ0v) is 9.02. The number of nitrogen functional groups attached to an aromatic ring is 2. The zero-order valence-electron chi connectivity index (χ0n) is 9.02. The highest BCUT2D eigenvalue weighted by molar-refractivity contribution is 5.17. The van der Waals surface area contributed by atoms with Crippen molar-refractivity contribution >= 4 is 5.95 Å². The monoisotopic (exact) mass is 209 g/mol. The van der Waals surface area contributed by atoms with E-state index in [-0.39, 0.29) is 0 Å². The summed E-state index contributed by atoms with van der Waals surface area (Å²) in [6.45, 7) is 0. The number of hydrogen-bond acceptors (Lipinski definition) is 4. The molecule has 4 N–H and O–H groups in total. The van der Waals surface area contributed by atoms with Gasteiger partial charge >= 0.3 is 0 Å². The summed E-state index contributed by atoms with van der Waals surface area (Å²) in [6, 6.07) is 0. The first-order chi connectivity index (χ1) is 7.27. The predicted molar refractivity (Wildman–Crippen MR) is 59.5 cm³/mol. The average Bonchev–Trinajstić information content (AvgIpc) is 2.50. The Hall–Kier alpha value is -1.26. The molecule has 0 aliphatic heterocycles. The van der Waals surface area contributed by atoms with Crippen LogP contribution in [-0.4, -0.2) is 14.9 Å². The van der Waals surface area contributed by atoms with Gasteiger partial charge in [-0.05, 0) is 5.92 Å². The summed E-state index contributed by atoms with van der Waals surface area (Å²) >= 11 is 0. The fourth-order valence-electron chi connectivity index (χ4n) is 2.30. The molecule has 0 radical (unpaired) electrons. The second-order valence-corrected chi connectivity index (χ2v) is 4.41. The molecule has 15 heavy (non-hydrogen) atoms. The summed E-state index contributed by atoms with van der Waals surface area (Å²) in [7, 11) is 0. The third-order valence-corrected chi connectivity index (χ3v) is 3.24. The van der Waals surface area contributed by atoms with Crippen LogP contribution >= 0.6 is 0 Å². The van der Waals surface area contributed by atoms with Gasteiger partial charge in [0.2, 0.25) is 5.95 Å². The van der Waals surface area contributed by atoms with Gasteiger partial charge in [0, 0.05) is 6.42 Å². The first-order valence-electron chi connectivity index (χ1n) is 5.72. The van der Waals surface area contributed by atoms with E-state index < -0.39 is 0 Å². The van der Waals surface area contributed by atoms with Crippen molar-refractivity contribution in [3.05, 3.63) is 5.82 Å². The Balaban J connectivity index is 1.98. The molecule has 0 atom stereocenters. The molecule has 1 saturated carbocycles. The third kappa shape index (κ3) is 2.40. The molecule has 5 heteroatoms. The van der Waals surface area contributed by atoms with Gasteiger partial charge in [-0.2, -0.15) is 0 Å². The first kappa shape index (κ1) is 10.3. The number of hydrogen-bond donors (Lipinski definition) is 2. The van der Waals surface area contributed by atoms with Crippen molar-refractivity contribution in [3.63, 3.8) is 0 Å². The summed E-state index contributed by atoms with van der Waals surface area (Å²) < 4.78 is 1.41. The Morgan fingerprint density at radius 3 is 2.33 bits per heavy atom. The topological polar surface area (TPSA) is 82.8 Å². The fourth-order valence-corrected chi connectivity index (χ4v) is 2.30. The van der Waals surface area contributed by atoms with E-state index in [9.17, 15) is 0 Å². The van der Waals surface area contributed by atoms with Crippen molar-refractivity contribution in [2.24, 2.45) is 5.92 Å². The van der Waals surface area contributed by atoms with Crippen molar-refractivity contribution in [2.75, 3.05) is 11.6 Å². The molecule has 0 unspecified atom stereocenters. The van der Waals surface area contributed by atoms with Crippen molar-refractivity contribution in [2.45, 2.75) is 44.9 Å². The van der Waals surface area contributed by atoms with Gasteiger partial charge in [-0.1, -0.05) is 38.5 Å². The van der Waals surface area contributed by atoms with Crippen molar-refractivity contribution in [1.82, 2.24) is 14.9 Å². The lowest BCUT2D eigenvalue weighted by atomic mass is 9.96. The lowest BCUT2D eigenvalue weighted by Crippen LogP contribution is -2.18. The summed E-state index contributed by atoms with van der Waals surface area (Å²) in [4.78, 5) is 0. The molecule has 1 aliphatic carbocycles. The molecule has 0 spiro atoms. The molecule has 1 aromatic rings. The van der Waals surface area contributed by atoms with Crippen molar-refractivity contribution < 1.29 is 0 Å². The van der Waals surface area contributed by atoms with Gasteiger partial charge in [0.25, 0.3) is 0 Å². The van der Waals surface area contributed by atoms with Gasteiger partial charge in [-0.15, -0.1) is 10.2 Å². The van der Waals surface area contributed by atoms with Crippen LogP contribution in [0.4, 0.5) is 5.95 Å². The minimum Gasteiger partial charge on any atom is -0.366 e. The number of nitrogens with two attached hydrogens (primary N) is 2. The molecular weight excluding hydrogens is 190 g/mol. The second kappa shape index (κ2) is 4.51. The van der Waals surface area contributed by atoms with Gasteiger partial charge in [0.05, 0.1) is 0 Å². The number of aromatic nitrogens is 3. The highest BCUT2D eigenvalue weighted by atomic mass is 15.4. The van der Waals surface area contributed by atoms with Crippen LogP contribution in [-0.2, 0) is 6.42 Å². The van der Waals surface area contributed by atoms with Crippen LogP contribution in [0.1, 0.15) is 44.3 Å². The smallest absolute Gasteiger partial charge is 0.240 e. The molecule has 84 valence electrons. The maximum Gasteiger partial charge on any atom is 0.240 e. The SMILES string of the molecule is Nc1nnc(CC2CCCCCC2)n1N. The van der Waals surface area contributed by atoms with Crippen LogP contribution in [0, 0.1) is 5.92 Å². The molecule has 1 heterocycles. The number of nitrogens with zero attached hydrogens (tertiary/aromatic N) is 3. The van der Waals surface area contributed by atoms with Crippen LogP contribution in [0.15, 0.2) is 0 Å². The minimum atomic E-state index is 0.304. The number of anilines is 1. The highest BCUT2D eigenvalue weighted by Crippen LogP contribution is 2.25. The lowest BCUT2D eigenvalue weighted by molar-refractivity contribution is 0.444. The van der Waals surface area contributed by atoms with E-state index in [1.807, 2.05) is 0 Å². The van der Waals surface area contributed by atoms with E-state index in [4.69, 9.17) is 11.6 Å². The summed E-state index contributed by atoms with van der Waals surface area (Å²) in [5.41, 5.74) is 5.54. The normalized spacial score (nSPS) is 18.9. The van der Waals surface area contributed by atoms with E-state index in [1.54, 1.807) is 0 Å². The maximum absolute atomic E-state index is 5.73. The molecule has 1 fully saturated rings. The quantitative estimate of drug-likeness (QED) is 0.564. The molecule has 0 saturated heterocycles. The van der Waals surface area contributed by atoms with Crippen LogP contribution in [0.5, 0.6) is 0 Å². The number of rotatable bonds is 2. The molecule has 1 aromatic heterocycles. The zero-order chi connectivity index (χ0) is 10.7. The maximum atomic E-state index is 5.73. The van der Waals surface area contributed by atoms with E-state index >= 15 is 0 Å². The molecule has 1 aliphatic rings. The minimum absolute atomic E-state index is 0.304. The van der Waals surface area contributed by atoms with Crippen molar-refractivity contribution in [1.29, 1.82) is 0 Å². The average molecular weight is 209 g/mol. The van der Waals surface area contributed by atoms with Crippen LogP contribution < -0.4 is 11.6 Å². The predicted octanol–water partition coefficient (Wildman–Crippen LogP) is 1.09. The fraction of sp³-hybridized carbons (Fsp3) is 0.800.